The molecule has 3 atom stereocenters. The van der Waals surface area contributed by atoms with Gasteiger partial charge in [-0.1, -0.05) is 13.8 Å². The second-order valence-corrected chi connectivity index (χ2v) is 9.60. The normalized spacial score (nSPS) is 18.5. The van der Waals surface area contributed by atoms with Gasteiger partial charge in [0, 0.05) is 19.0 Å². The molecule has 0 spiro atoms. The molecule has 2 N–H and O–H groups in total. The summed E-state index contributed by atoms with van der Waals surface area (Å²) < 4.78 is 10.4. The number of hydrogen-bond acceptors (Lipinski definition) is 9. The van der Waals surface area contributed by atoms with E-state index in [9.17, 15) is 14.7 Å². The zero-order chi connectivity index (χ0) is 25.1. The van der Waals surface area contributed by atoms with E-state index in [0.29, 0.717) is 11.5 Å². The Morgan fingerprint density at radius 1 is 1.29 bits per heavy atom. The lowest BCUT2D eigenvalue weighted by atomic mass is 9.91. The summed E-state index contributed by atoms with van der Waals surface area (Å²) >= 11 is 1.55. The molecule has 2 amide bonds. The summed E-state index contributed by atoms with van der Waals surface area (Å²) in [5.74, 6) is -0.632. The molecule has 1 aromatic carbocycles. The first kappa shape index (κ1) is 24.7. The van der Waals surface area contributed by atoms with Crippen molar-refractivity contribution in [1.29, 1.82) is 0 Å². The summed E-state index contributed by atoms with van der Waals surface area (Å²) in [6, 6.07) is 7.93. The van der Waals surface area contributed by atoms with E-state index in [1.54, 1.807) is 35.0 Å². The van der Waals surface area contributed by atoms with Crippen LogP contribution in [0.2, 0.25) is 0 Å². The average Bonchev–Trinajstić information content (AvgIpc) is 3.57. The van der Waals surface area contributed by atoms with Gasteiger partial charge in [-0.2, -0.15) is 5.48 Å². The highest BCUT2D eigenvalue weighted by Gasteiger charge is 2.43. The summed E-state index contributed by atoms with van der Waals surface area (Å²) in [6.07, 6.45) is -0.719. The molecule has 35 heavy (non-hydrogen) atoms. The maximum Gasteiger partial charge on any atom is 0.275 e. The Morgan fingerprint density at radius 3 is 2.63 bits per heavy atom. The Kier molecular flexibility index (Phi) is 7.37. The topological polar surface area (TPSA) is 127 Å². The van der Waals surface area contributed by atoms with Crippen LogP contribution in [0.3, 0.4) is 0 Å². The zero-order valence-electron chi connectivity index (χ0n) is 19.9. The lowest BCUT2D eigenvalue weighted by Crippen LogP contribution is -2.48. The smallest absolute Gasteiger partial charge is 0.275 e. The van der Waals surface area contributed by atoms with Crippen LogP contribution in [-0.4, -0.2) is 57.8 Å². The number of hydrogen-bond donors (Lipinski definition) is 2. The Balaban J connectivity index is 1.43. The third kappa shape index (κ3) is 5.30. The molecule has 186 valence electrons. The van der Waals surface area contributed by atoms with Crippen molar-refractivity contribution in [3.05, 3.63) is 47.3 Å². The number of nitrogens with one attached hydrogen (secondary N) is 1. The van der Waals surface area contributed by atoms with Crippen LogP contribution in [0.15, 0.2) is 40.4 Å². The fraction of sp³-hybridized carbons (Fsp3) is 0.417. The van der Waals surface area contributed by atoms with Crippen LogP contribution in [-0.2, 0) is 9.59 Å². The van der Waals surface area contributed by atoms with Crippen molar-refractivity contribution in [2.45, 2.75) is 45.3 Å². The zero-order valence-corrected chi connectivity index (χ0v) is 20.7. The van der Waals surface area contributed by atoms with E-state index in [0.717, 1.165) is 16.1 Å². The van der Waals surface area contributed by atoms with Crippen molar-refractivity contribution in [2.75, 3.05) is 13.7 Å². The van der Waals surface area contributed by atoms with Crippen molar-refractivity contribution >= 4 is 23.2 Å². The molecular formula is C24H28N4O6S. The Hall–Kier alpha value is -3.44. The fourth-order valence-electron chi connectivity index (χ4n) is 4.17. The second kappa shape index (κ2) is 10.4. The van der Waals surface area contributed by atoms with Gasteiger partial charge in [-0.25, -0.2) is 4.98 Å². The monoisotopic (exact) mass is 500 g/mol. The predicted octanol–water partition coefficient (Wildman–Crippen LogP) is 2.93. The predicted molar refractivity (Wildman–Crippen MR) is 128 cm³/mol. The van der Waals surface area contributed by atoms with Gasteiger partial charge in [-0.15, -0.1) is 11.3 Å². The van der Waals surface area contributed by atoms with Crippen LogP contribution in [0.1, 0.15) is 37.6 Å². The molecule has 3 heterocycles. The first-order valence-electron chi connectivity index (χ1n) is 11.2. The number of methoxy groups -OCH3 is 1. The number of aromatic nitrogens is 2. The summed E-state index contributed by atoms with van der Waals surface area (Å²) in [6.45, 7) is 5.73. The summed E-state index contributed by atoms with van der Waals surface area (Å²) in [5, 5.41) is 14.0. The van der Waals surface area contributed by atoms with Crippen molar-refractivity contribution in [1.82, 2.24) is 20.5 Å². The number of nitrogens with zero attached hydrogens (tertiary/aromatic N) is 3. The SMILES string of the molecule is COc1cc(C(C(=O)N2CC(O)CC2C(=O)NOc2ccc(-c3scnc3C)cc2)C(C)C)on1. The van der Waals surface area contributed by atoms with Crippen molar-refractivity contribution < 1.29 is 28.8 Å². The lowest BCUT2D eigenvalue weighted by molar-refractivity contribution is -0.143. The van der Waals surface area contributed by atoms with Gasteiger partial charge >= 0.3 is 0 Å². The molecule has 1 aliphatic rings. The standard InChI is InChI=1S/C24H28N4O6S/c1-13(2)21(19-10-20(32-4)26-34-19)24(31)28-11-16(29)9-18(28)23(30)27-33-17-7-5-15(6-8-17)22-14(3)25-12-35-22/h5-8,10,12-13,16,18,21,29H,9,11H2,1-4H3,(H,27,30). The molecule has 1 saturated heterocycles. The summed E-state index contributed by atoms with van der Waals surface area (Å²) in [4.78, 5) is 38.6. The van der Waals surface area contributed by atoms with Crippen LogP contribution < -0.4 is 15.1 Å². The number of rotatable bonds is 8. The number of thiazole rings is 1. The highest BCUT2D eigenvalue weighted by Crippen LogP contribution is 2.32. The number of aryl methyl sites for hydroxylation is 1. The average molecular weight is 501 g/mol. The summed E-state index contributed by atoms with van der Waals surface area (Å²) in [5.41, 5.74) is 6.17. The largest absolute Gasteiger partial charge is 0.479 e. The van der Waals surface area contributed by atoms with E-state index in [4.69, 9.17) is 14.1 Å². The minimum Gasteiger partial charge on any atom is -0.479 e. The van der Waals surface area contributed by atoms with Gasteiger partial charge in [0.1, 0.15) is 12.0 Å². The third-order valence-corrected chi connectivity index (χ3v) is 6.93. The van der Waals surface area contributed by atoms with E-state index in [-0.39, 0.29) is 30.7 Å². The van der Waals surface area contributed by atoms with Crippen LogP contribution in [0.5, 0.6) is 11.6 Å². The number of likely N-dealkylation sites (tertiary alicyclic amines) is 1. The first-order valence-corrected chi connectivity index (χ1v) is 12.1. The molecule has 0 bridgehead atoms. The van der Waals surface area contributed by atoms with Gasteiger partial charge < -0.3 is 24.1 Å². The molecule has 0 aliphatic carbocycles. The number of aliphatic hydroxyl groups excluding tert-OH is 1. The molecule has 0 saturated carbocycles. The molecule has 0 radical (unpaired) electrons. The molecule has 2 aromatic heterocycles. The highest BCUT2D eigenvalue weighted by atomic mass is 32.1. The van der Waals surface area contributed by atoms with Gasteiger partial charge in [0.2, 0.25) is 5.91 Å². The number of benzene rings is 1. The second-order valence-electron chi connectivity index (χ2n) is 8.75. The number of amides is 2. The molecule has 4 rings (SSSR count). The number of carbonyl (C=O) groups is 2. The van der Waals surface area contributed by atoms with Gasteiger partial charge in [-0.05, 0) is 47.8 Å². The van der Waals surface area contributed by atoms with Crippen molar-refractivity contribution in [2.24, 2.45) is 5.92 Å². The van der Waals surface area contributed by atoms with Gasteiger partial charge in [-0.3, -0.25) is 9.59 Å². The van der Waals surface area contributed by atoms with Crippen LogP contribution >= 0.6 is 11.3 Å². The number of β-amino-alcohol motifs (C(OH)–C–C–N with tert-alkyl or cyclic N) is 1. The van der Waals surface area contributed by atoms with E-state index < -0.39 is 24.0 Å². The number of carbonyl (C=O) groups excluding carboxylic acids is 2. The van der Waals surface area contributed by atoms with Gasteiger partial charge in [0.05, 0.1) is 29.3 Å². The Morgan fingerprint density at radius 2 is 2.03 bits per heavy atom. The van der Waals surface area contributed by atoms with Crippen molar-refractivity contribution in [3.8, 4) is 22.1 Å². The van der Waals surface area contributed by atoms with E-state index in [2.05, 4.69) is 15.6 Å². The highest BCUT2D eigenvalue weighted by molar-refractivity contribution is 7.13. The third-order valence-electron chi connectivity index (χ3n) is 5.95. The van der Waals surface area contributed by atoms with Gasteiger partial charge in [0.25, 0.3) is 11.8 Å². The Bertz CT molecular complexity index is 1170. The molecule has 3 aromatic rings. The van der Waals surface area contributed by atoms with Crippen LogP contribution in [0.25, 0.3) is 10.4 Å². The van der Waals surface area contributed by atoms with Crippen molar-refractivity contribution in [3.63, 3.8) is 0 Å². The van der Waals surface area contributed by atoms with E-state index >= 15 is 0 Å². The quantitative estimate of drug-likeness (QED) is 0.452. The number of ether oxygens (including phenoxy) is 1. The maximum absolute atomic E-state index is 13.5. The molecule has 3 unspecified atom stereocenters. The molecular weight excluding hydrogens is 472 g/mol. The van der Waals surface area contributed by atoms with Gasteiger partial charge in [0.15, 0.2) is 11.5 Å². The first-order chi connectivity index (χ1) is 16.8. The number of aliphatic hydroxyl groups is 1. The molecule has 1 aliphatic heterocycles. The fourth-order valence-corrected chi connectivity index (χ4v) is 4.98. The van der Waals surface area contributed by atoms with Crippen LogP contribution in [0, 0.1) is 12.8 Å². The van der Waals surface area contributed by atoms with E-state index in [1.165, 1.54) is 12.0 Å². The Labute approximate surface area is 206 Å². The maximum atomic E-state index is 13.5. The minimum atomic E-state index is -0.886. The minimum absolute atomic E-state index is 0.0360. The molecule has 1 fully saturated rings. The number of hydroxylamine groups is 1. The van der Waals surface area contributed by atoms with E-state index in [1.807, 2.05) is 32.9 Å². The molecule has 10 nitrogen and oxygen atoms in total. The lowest BCUT2D eigenvalue weighted by Gasteiger charge is -2.28. The van der Waals surface area contributed by atoms with Crippen LogP contribution in [0.4, 0.5) is 0 Å². The molecule has 11 heteroatoms. The summed E-state index contributed by atoms with van der Waals surface area (Å²) in [7, 11) is 1.46.